The lowest BCUT2D eigenvalue weighted by molar-refractivity contribution is 1.28. The summed E-state index contributed by atoms with van der Waals surface area (Å²) in [6.07, 6.45) is 0. The van der Waals surface area contributed by atoms with Crippen LogP contribution >= 0.6 is 58.3 Å². The highest BCUT2D eigenvalue weighted by atomic mass is 35.5. The predicted octanol–water partition coefficient (Wildman–Crippen LogP) is 11.0. The van der Waals surface area contributed by atoms with Gasteiger partial charge in [0, 0.05) is 34.6 Å². The van der Waals surface area contributed by atoms with Gasteiger partial charge in [0.25, 0.3) is 0 Å². The van der Waals surface area contributed by atoms with Crippen molar-refractivity contribution in [2.75, 3.05) is 0 Å². The summed E-state index contributed by atoms with van der Waals surface area (Å²) in [6.45, 7) is 0. The molecule has 0 bridgehead atoms. The first kappa shape index (κ1) is 25.7. The highest BCUT2D eigenvalue weighted by molar-refractivity contribution is 8.00. The van der Waals surface area contributed by atoms with E-state index < -0.39 is 0 Å². The Kier molecular flexibility index (Phi) is 8.58. The molecular weight excluding hydrogens is 563 g/mol. The predicted molar refractivity (Wildman–Crippen MR) is 158 cm³/mol. The third-order valence-corrected chi connectivity index (χ3v) is 10.3. The molecule has 0 aliphatic heterocycles. The van der Waals surface area contributed by atoms with Crippen LogP contribution in [0, 0.1) is 0 Å². The van der Waals surface area contributed by atoms with E-state index in [1.54, 1.807) is 23.5 Å². The molecule has 5 aromatic carbocycles. The van der Waals surface area contributed by atoms with E-state index in [0.29, 0.717) is 0 Å². The van der Waals surface area contributed by atoms with Gasteiger partial charge in [0.15, 0.2) is 14.7 Å². The molecule has 36 heavy (non-hydrogen) atoms. The highest BCUT2D eigenvalue weighted by Gasteiger charge is 2.28. The first-order valence-corrected chi connectivity index (χ1v) is 15.1. The van der Waals surface area contributed by atoms with Crippen molar-refractivity contribution in [2.24, 2.45) is 0 Å². The average Bonchev–Trinajstić information content (AvgIpc) is 2.90. The molecule has 0 aromatic heterocycles. The lowest BCUT2D eigenvalue weighted by Gasteiger charge is -2.09. The largest absolute Gasteiger partial charge is 0.166 e. The zero-order valence-corrected chi connectivity index (χ0v) is 23.6. The van der Waals surface area contributed by atoms with Crippen molar-refractivity contribution in [2.45, 2.75) is 34.3 Å². The Bertz CT molecular complexity index is 1370. The van der Waals surface area contributed by atoms with Crippen LogP contribution in [0.25, 0.3) is 0 Å². The van der Waals surface area contributed by atoms with Gasteiger partial charge in [-0.25, -0.2) is 0 Å². The van der Waals surface area contributed by atoms with Crippen LogP contribution in [0.3, 0.4) is 0 Å². The van der Waals surface area contributed by atoms with Gasteiger partial charge in [0.1, 0.15) is 0 Å². The molecule has 0 atom stereocenters. The van der Waals surface area contributed by atoms with Crippen LogP contribution in [-0.4, -0.2) is 0 Å². The summed E-state index contributed by atoms with van der Waals surface area (Å²) >= 11 is 21.8. The Morgan fingerprint density at radius 2 is 0.556 bits per heavy atom. The van der Waals surface area contributed by atoms with Crippen molar-refractivity contribution in [3.05, 3.63) is 136 Å². The van der Waals surface area contributed by atoms with Crippen LogP contribution in [0.4, 0.5) is 0 Å². The van der Waals surface area contributed by atoms with Gasteiger partial charge < -0.3 is 0 Å². The van der Waals surface area contributed by atoms with Gasteiger partial charge in [-0.1, -0.05) is 58.3 Å². The lowest BCUT2D eigenvalue weighted by atomic mass is 10.3. The summed E-state index contributed by atoms with van der Waals surface area (Å²) < 4.78 is 0. The normalized spacial score (nSPS) is 11.1. The maximum atomic E-state index is 6.16. The lowest BCUT2D eigenvalue weighted by Crippen LogP contribution is -2.04. The fourth-order valence-electron chi connectivity index (χ4n) is 3.54. The standard InChI is InChI=1S/C30H20Cl3S3/c31-21-1-7-24(8-2-21)34-25-9-11-26(12-10-25)35-27-13-19-30(20-14-27)36(28-15-3-22(32)4-16-28)29-17-5-23(33)6-18-29/h1-20H/q+1. The Morgan fingerprint density at radius 3 is 0.889 bits per heavy atom. The van der Waals surface area contributed by atoms with Crippen molar-refractivity contribution in [1.82, 2.24) is 0 Å². The molecule has 6 heteroatoms. The fraction of sp³-hybridized carbons (Fsp3) is 0. The fourth-order valence-corrected chi connectivity index (χ4v) is 7.60. The number of halogens is 3. The average molecular weight is 583 g/mol. The minimum atomic E-state index is -0.248. The van der Waals surface area contributed by atoms with Gasteiger partial charge in [0.05, 0.1) is 10.9 Å². The summed E-state index contributed by atoms with van der Waals surface area (Å²) in [5.41, 5.74) is 0. The Labute approximate surface area is 238 Å². The van der Waals surface area contributed by atoms with Crippen LogP contribution < -0.4 is 0 Å². The number of hydrogen-bond donors (Lipinski definition) is 0. The molecule has 0 saturated carbocycles. The number of hydrogen-bond acceptors (Lipinski definition) is 2. The van der Waals surface area contributed by atoms with Gasteiger partial charge in [-0.15, -0.1) is 0 Å². The van der Waals surface area contributed by atoms with Gasteiger partial charge in [-0.05, 0) is 121 Å². The monoisotopic (exact) mass is 581 g/mol. The van der Waals surface area contributed by atoms with Crippen molar-refractivity contribution in [1.29, 1.82) is 0 Å². The van der Waals surface area contributed by atoms with Crippen molar-refractivity contribution >= 4 is 69.2 Å². The molecule has 0 unspecified atom stereocenters. The van der Waals surface area contributed by atoms with Crippen molar-refractivity contribution < 1.29 is 0 Å². The summed E-state index contributed by atoms with van der Waals surface area (Å²) in [7, 11) is -0.248. The summed E-state index contributed by atoms with van der Waals surface area (Å²) in [5, 5.41) is 2.23. The Balaban J connectivity index is 1.33. The molecular formula is C30H20Cl3S3+. The molecule has 0 nitrogen and oxygen atoms in total. The zero-order chi connectivity index (χ0) is 24.9. The molecule has 178 valence electrons. The van der Waals surface area contributed by atoms with Crippen LogP contribution in [0.1, 0.15) is 0 Å². The molecule has 0 N–H and O–H groups in total. The second kappa shape index (κ2) is 12.0. The molecule has 5 rings (SSSR count). The summed E-state index contributed by atoms with van der Waals surface area (Å²) in [4.78, 5) is 8.47. The molecule has 0 radical (unpaired) electrons. The SMILES string of the molecule is Clc1ccc(Sc2ccc(Sc3ccc([S+](c4ccc(Cl)cc4)c4ccc(Cl)cc4)cc3)cc2)cc1. The van der Waals surface area contributed by atoms with Crippen LogP contribution in [0.5, 0.6) is 0 Å². The first-order chi connectivity index (χ1) is 17.5. The molecule has 0 heterocycles. The molecule has 0 fully saturated rings. The third kappa shape index (κ3) is 6.66. The molecule has 5 aromatic rings. The van der Waals surface area contributed by atoms with E-state index in [9.17, 15) is 0 Å². The van der Waals surface area contributed by atoms with Gasteiger partial charge >= 0.3 is 0 Å². The molecule has 0 saturated heterocycles. The topological polar surface area (TPSA) is 0 Å². The maximum Gasteiger partial charge on any atom is 0.166 e. The maximum absolute atomic E-state index is 6.16. The van der Waals surface area contributed by atoms with Gasteiger partial charge in [0.2, 0.25) is 0 Å². The van der Waals surface area contributed by atoms with E-state index in [-0.39, 0.29) is 10.9 Å². The van der Waals surface area contributed by atoms with Gasteiger partial charge in [-0.2, -0.15) is 0 Å². The number of benzene rings is 5. The summed E-state index contributed by atoms with van der Waals surface area (Å²) in [6, 6.07) is 41.6. The molecule has 0 aliphatic rings. The molecule has 0 aliphatic carbocycles. The molecule has 0 amide bonds. The van der Waals surface area contributed by atoms with Crippen LogP contribution in [0.15, 0.2) is 156 Å². The molecule has 0 spiro atoms. The van der Waals surface area contributed by atoms with E-state index in [1.807, 2.05) is 48.5 Å². The van der Waals surface area contributed by atoms with Gasteiger partial charge in [-0.3, -0.25) is 0 Å². The zero-order valence-electron chi connectivity index (χ0n) is 18.9. The van der Waals surface area contributed by atoms with E-state index in [0.717, 1.165) is 15.1 Å². The van der Waals surface area contributed by atoms with Crippen LogP contribution in [-0.2, 0) is 10.9 Å². The second-order valence-corrected chi connectivity index (χ2v) is 13.4. The van der Waals surface area contributed by atoms with E-state index in [4.69, 9.17) is 34.8 Å². The van der Waals surface area contributed by atoms with E-state index >= 15 is 0 Å². The quantitative estimate of drug-likeness (QED) is 0.175. The first-order valence-electron chi connectivity index (χ1n) is 11.1. The number of rotatable bonds is 7. The minimum absolute atomic E-state index is 0.248. The van der Waals surface area contributed by atoms with Crippen molar-refractivity contribution in [3.63, 3.8) is 0 Å². The second-order valence-electron chi connectivity index (χ2n) is 7.81. The Morgan fingerprint density at radius 1 is 0.333 bits per heavy atom. The third-order valence-electron chi connectivity index (χ3n) is 5.27. The van der Waals surface area contributed by atoms with E-state index in [1.165, 1.54) is 34.3 Å². The summed E-state index contributed by atoms with van der Waals surface area (Å²) in [5.74, 6) is 0. The Hall–Kier alpha value is -1.98. The minimum Gasteiger partial charge on any atom is -0.0901 e. The smallest absolute Gasteiger partial charge is 0.0901 e. The highest BCUT2D eigenvalue weighted by Crippen LogP contribution is 2.36. The van der Waals surface area contributed by atoms with Crippen LogP contribution in [0.2, 0.25) is 15.1 Å². The van der Waals surface area contributed by atoms with E-state index in [2.05, 4.69) is 72.8 Å². The van der Waals surface area contributed by atoms with Crippen molar-refractivity contribution in [3.8, 4) is 0 Å².